The molecule has 0 radical (unpaired) electrons. The molecule has 0 saturated heterocycles. The third kappa shape index (κ3) is 2.82. The Morgan fingerprint density at radius 2 is 2.23 bits per heavy atom. The molecule has 0 unspecified atom stereocenters. The van der Waals surface area contributed by atoms with Crippen molar-refractivity contribution in [3.8, 4) is 5.75 Å². The van der Waals surface area contributed by atoms with E-state index in [4.69, 9.17) is 10.5 Å². The summed E-state index contributed by atoms with van der Waals surface area (Å²) in [5, 5.41) is 0. The minimum atomic E-state index is 0.647. The van der Waals surface area contributed by atoms with E-state index in [0.29, 0.717) is 6.54 Å². The van der Waals surface area contributed by atoms with Gasteiger partial charge in [0.05, 0.1) is 7.11 Å². The molecule has 1 aromatic carbocycles. The summed E-state index contributed by atoms with van der Waals surface area (Å²) < 4.78 is 7.49. The fourth-order valence-electron chi connectivity index (χ4n) is 1.11. The van der Waals surface area contributed by atoms with Crippen LogP contribution in [0.15, 0.2) is 16.6 Å². The summed E-state index contributed by atoms with van der Waals surface area (Å²) in [4.78, 5) is 0. The molecular formula is C9H11BrINO. The Balaban J connectivity index is 3.09. The zero-order valence-corrected chi connectivity index (χ0v) is 11.1. The molecule has 0 aliphatic carbocycles. The summed E-state index contributed by atoms with van der Waals surface area (Å²) in [6.45, 7) is 0.647. The topological polar surface area (TPSA) is 35.2 Å². The van der Waals surface area contributed by atoms with Crippen molar-refractivity contribution < 1.29 is 4.74 Å². The SMILES string of the molecule is COc1cc(Br)c(I)cc1CCN. The van der Waals surface area contributed by atoms with Crippen LogP contribution < -0.4 is 10.5 Å². The number of hydrogen-bond acceptors (Lipinski definition) is 2. The van der Waals surface area contributed by atoms with Crippen molar-refractivity contribution in [3.05, 3.63) is 25.7 Å². The van der Waals surface area contributed by atoms with Gasteiger partial charge in [0.15, 0.2) is 0 Å². The van der Waals surface area contributed by atoms with E-state index < -0.39 is 0 Å². The second-order valence-corrected chi connectivity index (χ2v) is 4.63. The Labute approximate surface area is 100 Å². The van der Waals surface area contributed by atoms with Crippen LogP contribution in [-0.4, -0.2) is 13.7 Å². The Bertz CT molecular complexity index is 304. The first kappa shape index (κ1) is 11.3. The summed E-state index contributed by atoms with van der Waals surface area (Å²) in [6.07, 6.45) is 0.854. The molecule has 2 nitrogen and oxygen atoms in total. The molecule has 13 heavy (non-hydrogen) atoms. The first-order valence-electron chi connectivity index (χ1n) is 3.91. The molecule has 0 atom stereocenters. The smallest absolute Gasteiger partial charge is 0.123 e. The number of nitrogens with two attached hydrogens (primary N) is 1. The number of rotatable bonds is 3. The van der Waals surface area contributed by atoms with Crippen LogP contribution in [-0.2, 0) is 6.42 Å². The Hall–Kier alpha value is 0.190. The van der Waals surface area contributed by atoms with Crippen molar-refractivity contribution >= 4 is 38.5 Å². The molecule has 0 saturated carbocycles. The van der Waals surface area contributed by atoms with Gasteiger partial charge in [0, 0.05) is 8.04 Å². The molecule has 0 fully saturated rings. The molecule has 0 spiro atoms. The van der Waals surface area contributed by atoms with Gasteiger partial charge in [-0.05, 0) is 69.2 Å². The van der Waals surface area contributed by atoms with E-state index in [-0.39, 0.29) is 0 Å². The van der Waals surface area contributed by atoms with Crippen LogP contribution in [0.4, 0.5) is 0 Å². The predicted octanol–water partition coefficient (Wildman–Crippen LogP) is 2.56. The lowest BCUT2D eigenvalue weighted by atomic mass is 10.1. The van der Waals surface area contributed by atoms with Gasteiger partial charge in [-0.3, -0.25) is 0 Å². The quantitative estimate of drug-likeness (QED) is 0.846. The third-order valence-corrected chi connectivity index (χ3v) is 4.03. The van der Waals surface area contributed by atoms with Gasteiger partial charge in [0.2, 0.25) is 0 Å². The van der Waals surface area contributed by atoms with Crippen molar-refractivity contribution in [3.63, 3.8) is 0 Å². The zero-order valence-electron chi connectivity index (χ0n) is 7.31. The van der Waals surface area contributed by atoms with E-state index in [9.17, 15) is 0 Å². The molecule has 1 rings (SSSR count). The average Bonchev–Trinajstić information content (AvgIpc) is 2.11. The summed E-state index contributed by atoms with van der Waals surface area (Å²) in [6, 6.07) is 4.07. The van der Waals surface area contributed by atoms with Gasteiger partial charge in [-0.25, -0.2) is 0 Å². The minimum Gasteiger partial charge on any atom is -0.496 e. The van der Waals surface area contributed by atoms with Crippen molar-refractivity contribution in [2.24, 2.45) is 5.73 Å². The van der Waals surface area contributed by atoms with E-state index >= 15 is 0 Å². The normalized spacial score (nSPS) is 10.2. The van der Waals surface area contributed by atoms with Gasteiger partial charge in [-0.1, -0.05) is 0 Å². The van der Waals surface area contributed by atoms with Crippen LogP contribution >= 0.6 is 38.5 Å². The third-order valence-electron chi connectivity index (χ3n) is 1.74. The van der Waals surface area contributed by atoms with Crippen LogP contribution in [0.25, 0.3) is 0 Å². The predicted molar refractivity (Wildman–Crippen MR) is 66.2 cm³/mol. The van der Waals surface area contributed by atoms with E-state index in [0.717, 1.165) is 22.2 Å². The second-order valence-electron chi connectivity index (χ2n) is 2.62. The maximum Gasteiger partial charge on any atom is 0.123 e. The molecule has 0 aliphatic heterocycles. The van der Waals surface area contributed by atoms with E-state index in [1.165, 1.54) is 3.57 Å². The largest absolute Gasteiger partial charge is 0.496 e. The fourth-order valence-corrected chi connectivity index (χ4v) is 1.96. The van der Waals surface area contributed by atoms with Crippen LogP contribution in [0.3, 0.4) is 0 Å². The molecule has 1 aromatic rings. The Morgan fingerprint density at radius 1 is 1.54 bits per heavy atom. The van der Waals surface area contributed by atoms with Gasteiger partial charge >= 0.3 is 0 Å². The lowest BCUT2D eigenvalue weighted by Crippen LogP contribution is -2.04. The zero-order chi connectivity index (χ0) is 9.84. The van der Waals surface area contributed by atoms with E-state index in [1.807, 2.05) is 6.07 Å². The highest BCUT2D eigenvalue weighted by Gasteiger charge is 2.06. The molecule has 0 amide bonds. The van der Waals surface area contributed by atoms with Gasteiger partial charge < -0.3 is 10.5 Å². The van der Waals surface area contributed by atoms with Gasteiger partial charge in [0.25, 0.3) is 0 Å². The first-order valence-corrected chi connectivity index (χ1v) is 5.78. The standard InChI is InChI=1S/C9H11BrINO/c1-13-9-5-7(10)8(11)4-6(9)2-3-12/h4-5H,2-3,12H2,1H3. The summed E-state index contributed by atoms with van der Waals surface area (Å²) in [7, 11) is 1.68. The maximum atomic E-state index is 5.50. The first-order chi connectivity index (χ1) is 6.19. The van der Waals surface area contributed by atoms with Crippen molar-refractivity contribution in [2.45, 2.75) is 6.42 Å². The van der Waals surface area contributed by atoms with Crippen molar-refractivity contribution in [2.75, 3.05) is 13.7 Å². The summed E-state index contributed by atoms with van der Waals surface area (Å²) in [5.41, 5.74) is 6.67. The molecule has 0 heterocycles. The fraction of sp³-hybridized carbons (Fsp3) is 0.333. The monoisotopic (exact) mass is 355 g/mol. The molecule has 2 N–H and O–H groups in total. The molecule has 0 bridgehead atoms. The van der Waals surface area contributed by atoms with E-state index in [1.54, 1.807) is 7.11 Å². The number of methoxy groups -OCH3 is 1. The van der Waals surface area contributed by atoms with Crippen LogP contribution in [0.5, 0.6) is 5.75 Å². The number of benzene rings is 1. The Kier molecular flexibility index (Phi) is 4.48. The number of ether oxygens (including phenoxy) is 1. The van der Waals surface area contributed by atoms with Gasteiger partial charge in [-0.15, -0.1) is 0 Å². The molecule has 0 aromatic heterocycles. The average molecular weight is 356 g/mol. The molecule has 4 heteroatoms. The van der Waals surface area contributed by atoms with Crippen molar-refractivity contribution in [1.29, 1.82) is 0 Å². The lowest BCUT2D eigenvalue weighted by molar-refractivity contribution is 0.409. The molecule has 72 valence electrons. The van der Waals surface area contributed by atoms with Crippen LogP contribution in [0.1, 0.15) is 5.56 Å². The highest BCUT2D eigenvalue weighted by molar-refractivity contribution is 14.1. The lowest BCUT2D eigenvalue weighted by Gasteiger charge is -2.09. The van der Waals surface area contributed by atoms with Gasteiger partial charge in [0.1, 0.15) is 5.75 Å². The maximum absolute atomic E-state index is 5.50. The van der Waals surface area contributed by atoms with E-state index in [2.05, 4.69) is 44.6 Å². The number of halogens is 2. The minimum absolute atomic E-state index is 0.647. The Morgan fingerprint density at radius 3 is 2.77 bits per heavy atom. The van der Waals surface area contributed by atoms with Crippen LogP contribution in [0.2, 0.25) is 0 Å². The second kappa shape index (κ2) is 5.17. The van der Waals surface area contributed by atoms with Crippen LogP contribution in [0, 0.1) is 3.57 Å². The highest BCUT2D eigenvalue weighted by atomic mass is 127. The van der Waals surface area contributed by atoms with Gasteiger partial charge in [-0.2, -0.15) is 0 Å². The molecule has 0 aliphatic rings. The summed E-state index contributed by atoms with van der Waals surface area (Å²) in [5.74, 6) is 0.901. The van der Waals surface area contributed by atoms with Crippen molar-refractivity contribution in [1.82, 2.24) is 0 Å². The number of hydrogen-bond donors (Lipinski definition) is 1. The summed E-state index contributed by atoms with van der Waals surface area (Å²) >= 11 is 5.73. The molecular weight excluding hydrogens is 345 g/mol. The highest BCUT2D eigenvalue weighted by Crippen LogP contribution is 2.28.